The number of halogens is 1. The van der Waals surface area contributed by atoms with Gasteiger partial charge in [0.25, 0.3) is 0 Å². The Kier molecular flexibility index (Phi) is 5.28. The number of methoxy groups -OCH3 is 1. The van der Waals surface area contributed by atoms with Crippen molar-refractivity contribution in [3.05, 3.63) is 17.4 Å². The van der Waals surface area contributed by atoms with Crippen molar-refractivity contribution in [2.75, 3.05) is 20.3 Å². The van der Waals surface area contributed by atoms with Gasteiger partial charge in [0.2, 0.25) is 5.91 Å². The molecule has 1 amide bonds. The van der Waals surface area contributed by atoms with Gasteiger partial charge in [-0.3, -0.25) is 9.48 Å². The van der Waals surface area contributed by atoms with Gasteiger partial charge >= 0.3 is 0 Å². The maximum atomic E-state index is 11.6. The normalized spacial score (nSPS) is 12.4. The summed E-state index contributed by atoms with van der Waals surface area (Å²) in [5.74, 6) is -0.156. The minimum atomic E-state index is -0.146. The quantitative estimate of drug-likeness (QED) is 0.759. The van der Waals surface area contributed by atoms with Gasteiger partial charge < -0.3 is 10.1 Å². The predicted molar refractivity (Wildman–Crippen MR) is 61.3 cm³/mol. The molecule has 0 radical (unpaired) electrons. The molecule has 1 heterocycles. The van der Waals surface area contributed by atoms with Crippen molar-refractivity contribution in [3.8, 4) is 0 Å². The fraction of sp³-hybridized carbons (Fsp3) is 0.600. The van der Waals surface area contributed by atoms with Crippen LogP contribution in [-0.4, -0.2) is 35.9 Å². The van der Waals surface area contributed by atoms with Gasteiger partial charge in [-0.05, 0) is 0 Å². The van der Waals surface area contributed by atoms with Crippen LogP contribution in [0, 0.1) is 5.92 Å². The van der Waals surface area contributed by atoms with E-state index in [-0.39, 0.29) is 11.8 Å². The Bertz CT molecular complexity index is 341. The molecule has 5 nitrogen and oxygen atoms in total. The van der Waals surface area contributed by atoms with E-state index in [1.165, 1.54) is 0 Å². The molecule has 0 spiro atoms. The van der Waals surface area contributed by atoms with Gasteiger partial charge in [-0.25, -0.2) is 0 Å². The first-order valence-corrected chi connectivity index (χ1v) is 5.46. The molecule has 6 heteroatoms. The first-order valence-electron chi connectivity index (χ1n) is 5.08. The highest BCUT2D eigenvalue weighted by Gasteiger charge is 2.13. The van der Waals surface area contributed by atoms with E-state index in [1.54, 1.807) is 24.2 Å². The zero-order valence-electron chi connectivity index (χ0n) is 9.44. The van der Waals surface area contributed by atoms with Gasteiger partial charge in [0.05, 0.1) is 30.3 Å². The molecular formula is C10H16ClN3O2. The van der Waals surface area contributed by atoms with Gasteiger partial charge in [-0.15, -0.1) is 0 Å². The largest absolute Gasteiger partial charge is 0.383 e. The molecule has 0 unspecified atom stereocenters. The van der Waals surface area contributed by atoms with Crippen LogP contribution in [0.3, 0.4) is 0 Å². The number of aromatic nitrogens is 2. The summed E-state index contributed by atoms with van der Waals surface area (Å²) >= 11 is 5.73. The number of carbonyl (C=O) groups is 1. The first-order chi connectivity index (χ1) is 7.63. The number of carbonyl (C=O) groups excluding carboxylic acids is 1. The van der Waals surface area contributed by atoms with E-state index >= 15 is 0 Å². The average Bonchev–Trinajstić information content (AvgIpc) is 2.64. The van der Waals surface area contributed by atoms with Crippen LogP contribution < -0.4 is 5.32 Å². The molecular weight excluding hydrogens is 230 g/mol. The Morgan fingerprint density at radius 3 is 3.06 bits per heavy atom. The first kappa shape index (κ1) is 13.0. The highest BCUT2D eigenvalue weighted by atomic mass is 35.5. The van der Waals surface area contributed by atoms with E-state index in [4.69, 9.17) is 16.3 Å². The van der Waals surface area contributed by atoms with Crippen LogP contribution in [0.25, 0.3) is 0 Å². The predicted octanol–water partition coefficient (Wildman–Crippen LogP) is 0.935. The second-order valence-electron chi connectivity index (χ2n) is 3.57. The summed E-state index contributed by atoms with van der Waals surface area (Å²) in [6.45, 7) is 3.41. The molecule has 1 N–H and O–H groups in total. The van der Waals surface area contributed by atoms with Gasteiger partial charge in [0, 0.05) is 19.9 Å². The fourth-order valence-electron chi connectivity index (χ4n) is 1.25. The van der Waals surface area contributed by atoms with E-state index in [0.29, 0.717) is 24.7 Å². The summed E-state index contributed by atoms with van der Waals surface area (Å²) in [4.78, 5) is 11.6. The molecule has 0 saturated heterocycles. The van der Waals surface area contributed by atoms with Gasteiger partial charge in [0.1, 0.15) is 0 Å². The van der Waals surface area contributed by atoms with Crippen LogP contribution in [-0.2, 0) is 16.1 Å². The molecule has 1 aromatic rings. The zero-order chi connectivity index (χ0) is 12.0. The summed E-state index contributed by atoms with van der Waals surface area (Å²) in [5.41, 5.74) is 0. The average molecular weight is 246 g/mol. The number of nitrogens with one attached hydrogen (secondary N) is 1. The second kappa shape index (κ2) is 6.50. The van der Waals surface area contributed by atoms with Crippen LogP contribution in [0.15, 0.2) is 12.4 Å². The molecule has 0 aliphatic heterocycles. The number of nitrogens with zero attached hydrogens (tertiary/aromatic N) is 2. The number of rotatable bonds is 6. The summed E-state index contributed by atoms with van der Waals surface area (Å²) in [6.07, 6.45) is 3.25. The molecule has 0 fully saturated rings. The summed E-state index contributed by atoms with van der Waals surface area (Å²) in [6, 6.07) is 0. The molecule has 0 aliphatic rings. The Hall–Kier alpha value is -1.07. The van der Waals surface area contributed by atoms with Crippen LogP contribution in [0.1, 0.15) is 6.92 Å². The maximum absolute atomic E-state index is 11.6. The molecule has 1 atom stereocenters. The van der Waals surface area contributed by atoms with Crippen molar-refractivity contribution in [1.82, 2.24) is 15.1 Å². The third kappa shape index (κ3) is 4.20. The number of amides is 1. The summed E-state index contributed by atoms with van der Waals surface area (Å²) in [5, 5.41) is 7.36. The molecule has 0 saturated carbocycles. The molecule has 0 aromatic carbocycles. The Balaban J connectivity index is 2.34. The van der Waals surface area contributed by atoms with Gasteiger partial charge in [-0.1, -0.05) is 18.5 Å². The van der Waals surface area contributed by atoms with E-state index in [9.17, 15) is 4.79 Å². The fourth-order valence-corrected chi connectivity index (χ4v) is 1.41. The van der Waals surface area contributed by atoms with Crippen molar-refractivity contribution in [2.45, 2.75) is 13.5 Å². The van der Waals surface area contributed by atoms with E-state index in [1.807, 2.05) is 6.92 Å². The third-order valence-electron chi connectivity index (χ3n) is 2.12. The Morgan fingerprint density at radius 1 is 1.75 bits per heavy atom. The van der Waals surface area contributed by atoms with E-state index in [2.05, 4.69) is 10.4 Å². The molecule has 0 aliphatic carbocycles. The lowest BCUT2D eigenvalue weighted by atomic mass is 10.1. The van der Waals surface area contributed by atoms with Gasteiger partial charge in [0.15, 0.2) is 0 Å². The van der Waals surface area contributed by atoms with Crippen molar-refractivity contribution in [2.24, 2.45) is 5.92 Å². The summed E-state index contributed by atoms with van der Waals surface area (Å²) in [7, 11) is 1.60. The molecule has 1 aromatic heterocycles. The van der Waals surface area contributed by atoms with Gasteiger partial charge in [-0.2, -0.15) is 5.10 Å². The van der Waals surface area contributed by atoms with Crippen LogP contribution in [0.5, 0.6) is 0 Å². The highest BCUT2D eigenvalue weighted by molar-refractivity contribution is 6.30. The molecule has 90 valence electrons. The standard InChI is InChI=1S/C10H16ClN3O2/c1-8(10(15)12-3-4-16-2)6-14-7-9(11)5-13-14/h5,7-8H,3-4,6H2,1-2H3,(H,12,15)/t8-/m1/s1. The smallest absolute Gasteiger partial charge is 0.224 e. The molecule has 1 rings (SSSR count). The van der Waals surface area contributed by atoms with E-state index in [0.717, 1.165) is 0 Å². The van der Waals surface area contributed by atoms with E-state index < -0.39 is 0 Å². The number of hydrogen-bond donors (Lipinski definition) is 1. The topological polar surface area (TPSA) is 56.1 Å². The van der Waals surface area contributed by atoms with Crippen LogP contribution in [0.2, 0.25) is 5.02 Å². The maximum Gasteiger partial charge on any atom is 0.224 e. The van der Waals surface area contributed by atoms with Crippen LogP contribution >= 0.6 is 11.6 Å². The minimum Gasteiger partial charge on any atom is -0.383 e. The van der Waals surface area contributed by atoms with Crippen molar-refractivity contribution < 1.29 is 9.53 Å². The highest BCUT2D eigenvalue weighted by Crippen LogP contribution is 2.07. The Morgan fingerprint density at radius 2 is 2.50 bits per heavy atom. The number of hydrogen-bond acceptors (Lipinski definition) is 3. The minimum absolute atomic E-state index is 0.0105. The molecule has 0 bridgehead atoms. The Labute approximate surface area is 99.7 Å². The number of ether oxygens (including phenoxy) is 1. The van der Waals surface area contributed by atoms with Crippen molar-refractivity contribution in [1.29, 1.82) is 0 Å². The van der Waals surface area contributed by atoms with Crippen molar-refractivity contribution >= 4 is 17.5 Å². The molecule has 16 heavy (non-hydrogen) atoms. The zero-order valence-corrected chi connectivity index (χ0v) is 10.2. The lowest BCUT2D eigenvalue weighted by Gasteiger charge is -2.11. The second-order valence-corrected chi connectivity index (χ2v) is 4.00. The monoisotopic (exact) mass is 245 g/mol. The van der Waals surface area contributed by atoms with Crippen LogP contribution in [0.4, 0.5) is 0 Å². The lowest BCUT2D eigenvalue weighted by molar-refractivity contribution is -0.125. The summed E-state index contributed by atoms with van der Waals surface area (Å²) < 4.78 is 6.50. The lowest BCUT2D eigenvalue weighted by Crippen LogP contribution is -2.33. The third-order valence-corrected chi connectivity index (χ3v) is 2.31. The SMILES string of the molecule is COCCNC(=O)[C@H](C)Cn1cc(Cl)cn1. The van der Waals surface area contributed by atoms with Crippen molar-refractivity contribution in [3.63, 3.8) is 0 Å².